The quantitative estimate of drug-likeness (QED) is 0.634. The highest BCUT2D eigenvalue weighted by Gasteiger charge is 2.14. The molecule has 4 rings (SSSR count). The lowest BCUT2D eigenvalue weighted by Crippen LogP contribution is -2.05. The minimum atomic E-state index is -0.214. The first kappa shape index (κ1) is 14.2. The van der Waals surface area contributed by atoms with Gasteiger partial charge in [-0.1, -0.05) is 19.4 Å². The van der Waals surface area contributed by atoms with Gasteiger partial charge in [0.25, 0.3) is 0 Å². The lowest BCUT2D eigenvalue weighted by atomic mass is 9.95. The fraction of sp³-hybridized carbons (Fsp3) is 0.250. The van der Waals surface area contributed by atoms with Gasteiger partial charge in [-0.3, -0.25) is 4.99 Å². The van der Waals surface area contributed by atoms with Crippen LogP contribution in [0.15, 0.2) is 47.6 Å². The molecular weight excluding hydrogens is 287 g/mol. The molecule has 0 spiro atoms. The summed E-state index contributed by atoms with van der Waals surface area (Å²) >= 11 is 0. The molecule has 3 aromatic rings. The van der Waals surface area contributed by atoms with Crippen LogP contribution < -0.4 is 0 Å². The van der Waals surface area contributed by atoms with Crippen molar-refractivity contribution in [2.45, 2.75) is 32.6 Å². The van der Waals surface area contributed by atoms with Crippen molar-refractivity contribution >= 4 is 22.3 Å². The van der Waals surface area contributed by atoms with Crippen LogP contribution in [0.25, 0.3) is 22.0 Å². The summed E-state index contributed by atoms with van der Waals surface area (Å²) < 4.78 is 13.3. The molecule has 2 nitrogen and oxygen atoms in total. The molecule has 0 amide bonds. The van der Waals surface area contributed by atoms with Gasteiger partial charge in [0, 0.05) is 28.4 Å². The minimum Gasteiger partial charge on any atom is -0.360 e. The molecular formula is C20H19FN2. The standard InChI is InChI=1S/C20H19FN2/c1-2-3-16-7-4-14-10-13(5-9-19(14)23-16)18-12-22-20-11-15(21)6-8-17(18)20/h5-6,8-12,22H,2-4,7H2,1H3. The Morgan fingerprint density at radius 2 is 2.04 bits per heavy atom. The minimum absolute atomic E-state index is 0.214. The molecule has 2 heterocycles. The lowest BCUT2D eigenvalue weighted by molar-refractivity contribution is 0.629. The van der Waals surface area contributed by atoms with Crippen molar-refractivity contribution < 1.29 is 4.39 Å². The van der Waals surface area contributed by atoms with E-state index < -0.39 is 0 Å². The number of aliphatic imine (C=N–C) groups is 1. The van der Waals surface area contributed by atoms with E-state index in [4.69, 9.17) is 4.99 Å². The molecule has 0 radical (unpaired) electrons. The molecule has 1 N–H and O–H groups in total. The van der Waals surface area contributed by atoms with Crippen molar-refractivity contribution in [3.8, 4) is 11.1 Å². The highest BCUT2D eigenvalue weighted by Crippen LogP contribution is 2.34. The van der Waals surface area contributed by atoms with E-state index in [2.05, 4.69) is 30.1 Å². The Bertz CT molecular complexity index is 905. The van der Waals surface area contributed by atoms with E-state index in [1.165, 1.54) is 17.3 Å². The number of aryl methyl sites for hydroxylation is 1. The highest BCUT2D eigenvalue weighted by molar-refractivity contribution is 5.96. The maximum Gasteiger partial charge on any atom is 0.125 e. The lowest BCUT2D eigenvalue weighted by Gasteiger charge is -2.16. The molecule has 1 aliphatic heterocycles. The largest absolute Gasteiger partial charge is 0.360 e. The number of hydrogen-bond acceptors (Lipinski definition) is 1. The molecule has 3 heteroatoms. The average Bonchev–Trinajstić information content (AvgIpc) is 2.97. The molecule has 2 aromatic carbocycles. The summed E-state index contributed by atoms with van der Waals surface area (Å²) in [6.45, 7) is 2.20. The predicted molar refractivity (Wildman–Crippen MR) is 94.0 cm³/mol. The van der Waals surface area contributed by atoms with Crippen LogP contribution in [0.1, 0.15) is 31.7 Å². The van der Waals surface area contributed by atoms with Crippen LogP contribution in [0, 0.1) is 5.82 Å². The molecule has 1 aliphatic rings. The van der Waals surface area contributed by atoms with E-state index >= 15 is 0 Å². The molecule has 0 aliphatic carbocycles. The van der Waals surface area contributed by atoms with Crippen molar-refractivity contribution in [3.63, 3.8) is 0 Å². The number of nitrogens with one attached hydrogen (secondary N) is 1. The molecule has 116 valence electrons. The summed E-state index contributed by atoms with van der Waals surface area (Å²) in [7, 11) is 0. The second kappa shape index (κ2) is 5.65. The smallest absolute Gasteiger partial charge is 0.125 e. The fourth-order valence-electron chi connectivity index (χ4n) is 3.37. The summed E-state index contributed by atoms with van der Waals surface area (Å²) in [4.78, 5) is 7.95. The maximum absolute atomic E-state index is 13.3. The van der Waals surface area contributed by atoms with Crippen LogP contribution >= 0.6 is 0 Å². The second-order valence-corrected chi connectivity index (χ2v) is 6.16. The zero-order valence-electron chi connectivity index (χ0n) is 13.2. The van der Waals surface area contributed by atoms with E-state index in [1.807, 2.05) is 12.3 Å². The normalized spacial score (nSPS) is 13.9. The molecule has 0 fully saturated rings. The van der Waals surface area contributed by atoms with Crippen LogP contribution in [0.2, 0.25) is 0 Å². The van der Waals surface area contributed by atoms with Crippen molar-refractivity contribution in [3.05, 3.63) is 54.0 Å². The van der Waals surface area contributed by atoms with Crippen LogP contribution in [0.3, 0.4) is 0 Å². The Morgan fingerprint density at radius 3 is 2.91 bits per heavy atom. The first-order chi connectivity index (χ1) is 11.2. The van der Waals surface area contributed by atoms with Gasteiger partial charge in [0.1, 0.15) is 5.82 Å². The van der Waals surface area contributed by atoms with Gasteiger partial charge in [0.15, 0.2) is 0 Å². The Balaban J connectivity index is 1.76. The number of aromatic amines is 1. The average molecular weight is 306 g/mol. The third kappa shape index (κ3) is 2.56. The summed E-state index contributed by atoms with van der Waals surface area (Å²) in [6, 6.07) is 11.4. The summed E-state index contributed by atoms with van der Waals surface area (Å²) in [5, 5.41) is 1.05. The van der Waals surface area contributed by atoms with Crippen LogP contribution in [-0.2, 0) is 6.42 Å². The molecule has 23 heavy (non-hydrogen) atoms. The van der Waals surface area contributed by atoms with Crippen molar-refractivity contribution in [2.75, 3.05) is 0 Å². The van der Waals surface area contributed by atoms with Crippen molar-refractivity contribution in [1.82, 2.24) is 4.98 Å². The second-order valence-electron chi connectivity index (χ2n) is 6.16. The number of fused-ring (bicyclic) bond motifs is 2. The van der Waals surface area contributed by atoms with Gasteiger partial charge in [-0.2, -0.15) is 0 Å². The van der Waals surface area contributed by atoms with Crippen LogP contribution in [0.5, 0.6) is 0 Å². The van der Waals surface area contributed by atoms with E-state index in [9.17, 15) is 4.39 Å². The number of hydrogen-bond donors (Lipinski definition) is 1. The third-order valence-corrected chi connectivity index (χ3v) is 4.53. The van der Waals surface area contributed by atoms with Gasteiger partial charge in [0.05, 0.1) is 5.69 Å². The molecule has 1 aromatic heterocycles. The van der Waals surface area contributed by atoms with E-state index in [1.54, 1.807) is 6.07 Å². The van der Waals surface area contributed by atoms with E-state index in [0.29, 0.717) is 0 Å². The molecule has 0 saturated heterocycles. The van der Waals surface area contributed by atoms with Gasteiger partial charge in [-0.15, -0.1) is 0 Å². The SMILES string of the molecule is CCCC1=Nc2ccc(-c3c[nH]c4cc(F)ccc34)cc2CC1. The molecule has 0 atom stereocenters. The number of benzene rings is 2. The first-order valence-electron chi connectivity index (χ1n) is 8.21. The van der Waals surface area contributed by atoms with Gasteiger partial charge in [-0.25, -0.2) is 4.39 Å². The van der Waals surface area contributed by atoms with Crippen molar-refractivity contribution in [1.29, 1.82) is 0 Å². The van der Waals surface area contributed by atoms with Gasteiger partial charge in [-0.05, 0) is 60.7 Å². The van der Waals surface area contributed by atoms with Crippen LogP contribution in [-0.4, -0.2) is 10.7 Å². The number of aromatic nitrogens is 1. The Hall–Kier alpha value is -2.42. The topological polar surface area (TPSA) is 28.1 Å². The summed E-state index contributed by atoms with van der Waals surface area (Å²) in [5.41, 5.74) is 6.84. The van der Waals surface area contributed by atoms with Crippen molar-refractivity contribution in [2.24, 2.45) is 4.99 Å². The molecule has 0 saturated carbocycles. The van der Waals surface area contributed by atoms with E-state index in [-0.39, 0.29) is 5.82 Å². The molecule has 0 bridgehead atoms. The Morgan fingerprint density at radius 1 is 1.13 bits per heavy atom. The Kier molecular flexibility index (Phi) is 3.49. The highest BCUT2D eigenvalue weighted by atomic mass is 19.1. The number of H-pyrrole nitrogens is 1. The van der Waals surface area contributed by atoms with Gasteiger partial charge in [0.2, 0.25) is 0 Å². The van der Waals surface area contributed by atoms with Gasteiger partial charge >= 0.3 is 0 Å². The third-order valence-electron chi connectivity index (χ3n) is 4.53. The van der Waals surface area contributed by atoms with Gasteiger partial charge < -0.3 is 4.98 Å². The molecule has 0 unspecified atom stereocenters. The van der Waals surface area contributed by atoms with Crippen LogP contribution in [0.4, 0.5) is 10.1 Å². The number of halogens is 1. The summed E-state index contributed by atoms with van der Waals surface area (Å²) in [6.07, 6.45) is 6.32. The summed E-state index contributed by atoms with van der Waals surface area (Å²) in [5.74, 6) is -0.214. The Labute approximate surface area is 135 Å². The fourth-order valence-corrected chi connectivity index (χ4v) is 3.37. The monoisotopic (exact) mass is 306 g/mol. The predicted octanol–water partition coefficient (Wildman–Crippen LogP) is 5.79. The first-order valence-corrected chi connectivity index (χ1v) is 8.21. The zero-order valence-corrected chi connectivity index (χ0v) is 13.2. The zero-order chi connectivity index (χ0) is 15.8. The number of rotatable bonds is 3. The number of nitrogens with zero attached hydrogens (tertiary/aromatic N) is 1. The maximum atomic E-state index is 13.3. The van der Waals surface area contributed by atoms with E-state index in [0.717, 1.165) is 53.4 Å².